The molecule has 19 heavy (non-hydrogen) atoms. The lowest BCUT2D eigenvalue weighted by Crippen LogP contribution is -2.51. The van der Waals surface area contributed by atoms with Gasteiger partial charge in [-0.15, -0.1) is 0 Å². The van der Waals surface area contributed by atoms with Crippen LogP contribution in [0, 0.1) is 11.8 Å². The first-order chi connectivity index (χ1) is 9.16. The number of carbonyl (C=O) groups excluding carboxylic acids is 1. The minimum Gasteiger partial charge on any atom is -0.381 e. The van der Waals surface area contributed by atoms with Gasteiger partial charge in [-0.1, -0.05) is 13.8 Å². The predicted octanol–water partition coefficient (Wildman–Crippen LogP) is 1.60. The molecule has 2 saturated heterocycles. The molecule has 2 heterocycles. The van der Waals surface area contributed by atoms with E-state index in [1.54, 1.807) is 0 Å². The molecule has 4 nitrogen and oxygen atoms in total. The first-order valence-electron chi connectivity index (χ1n) is 7.75. The second-order valence-corrected chi connectivity index (χ2v) is 6.24. The second kappa shape index (κ2) is 7.25. The number of rotatable bonds is 4. The number of piperazine rings is 1. The highest BCUT2D eigenvalue weighted by atomic mass is 16.5. The van der Waals surface area contributed by atoms with Gasteiger partial charge in [-0.2, -0.15) is 0 Å². The fourth-order valence-corrected chi connectivity index (χ4v) is 2.84. The number of ether oxygens (including phenoxy) is 1. The minimum absolute atomic E-state index is 0.218. The van der Waals surface area contributed by atoms with Crippen molar-refractivity contribution in [1.29, 1.82) is 0 Å². The average molecular weight is 268 g/mol. The normalized spacial score (nSPS) is 23.0. The summed E-state index contributed by atoms with van der Waals surface area (Å²) in [6, 6.07) is 0. The van der Waals surface area contributed by atoms with Crippen LogP contribution in [0.25, 0.3) is 0 Å². The molecule has 1 amide bonds. The zero-order chi connectivity index (χ0) is 13.7. The Labute approximate surface area is 117 Å². The Hall–Kier alpha value is -0.610. The smallest absolute Gasteiger partial charge is 0.225 e. The molecule has 0 aromatic rings. The van der Waals surface area contributed by atoms with Crippen LogP contribution >= 0.6 is 0 Å². The molecule has 2 aliphatic heterocycles. The zero-order valence-corrected chi connectivity index (χ0v) is 12.4. The molecule has 0 N–H and O–H groups in total. The van der Waals surface area contributed by atoms with E-state index in [1.807, 2.05) is 0 Å². The molecule has 2 rings (SSSR count). The van der Waals surface area contributed by atoms with Gasteiger partial charge in [-0.3, -0.25) is 9.69 Å². The molecule has 110 valence electrons. The Morgan fingerprint density at radius 1 is 1.16 bits per heavy atom. The van der Waals surface area contributed by atoms with E-state index in [4.69, 9.17) is 4.74 Å². The van der Waals surface area contributed by atoms with Crippen LogP contribution in [-0.2, 0) is 9.53 Å². The molecule has 2 fully saturated rings. The summed E-state index contributed by atoms with van der Waals surface area (Å²) in [5, 5.41) is 0. The molecule has 0 radical (unpaired) electrons. The molecule has 0 atom stereocenters. The largest absolute Gasteiger partial charge is 0.381 e. The number of hydrogen-bond acceptors (Lipinski definition) is 3. The SMILES string of the molecule is CC(C)CCN1CCN(C(=O)C2CCOCC2)CC1. The molecular weight excluding hydrogens is 240 g/mol. The molecule has 0 bridgehead atoms. The van der Waals surface area contributed by atoms with Gasteiger partial charge >= 0.3 is 0 Å². The lowest BCUT2D eigenvalue weighted by molar-refractivity contribution is -0.140. The molecule has 0 aromatic heterocycles. The third-order valence-corrected chi connectivity index (χ3v) is 4.28. The number of hydrogen-bond donors (Lipinski definition) is 0. The highest BCUT2D eigenvalue weighted by molar-refractivity contribution is 5.79. The maximum Gasteiger partial charge on any atom is 0.225 e. The van der Waals surface area contributed by atoms with E-state index in [9.17, 15) is 4.79 Å². The van der Waals surface area contributed by atoms with E-state index in [-0.39, 0.29) is 5.92 Å². The van der Waals surface area contributed by atoms with Crippen LogP contribution < -0.4 is 0 Å². The fraction of sp³-hybridized carbons (Fsp3) is 0.933. The Kier molecular flexibility index (Phi) is 5.64. The van der Waals surface area contributed by atoms with Crippen LogP contribution in [-0.4, -0.2) is 61.6 Å². The number of nitrogens with zero attached hydrogens (tertiary/aromatic N) is 2. The first kappa shape index (κ1) is 14.8. The Bertz CT molecular complexity index is 280. The second-order valence-electron chi connectivity index (χ2n) is 6.24. The maximum atomic E-state index is 12.4. The van der Waals surface area contributed by atoms with Crippen molar-refractivity contribution in [3.8, 4) is 0 Å². The van der Waals surface area contributed by atoms with Crippen LogP contribution in [0.15, 0.2) is 0 Å². The topological polar surface area (TPSA) is 32.8 Å². The van der Waals surface area contributed by atoms with Crippen LogP contribution in [0.5, 0.6) is 0 Å². The van der Waals surface area contributed by atoms with Gasteiger partial charge < -0.3 is 9.64 Å². The van der Waals surface area contributed by atoms with E-state index in [0.29, 0.717) is 5.91 Å². The van der Waals surface area contributed by atoms with E-state index in [1.165, 1.54) is 13.0 Å². The molecule has 0 saturated carbocycles. The molecule has 0 unspecified atom stereocenters. The summed E-state index contributed by atoms with van der Waals surface area (Å²) in [5.41, 5.74) is 0. The van der Waals surface area contributed by atoms with E-state index in [2.05, 4.69) is 23.6 Å². The van der Waals surface area contributed by atoms with E-state index >= 15 is 0 Å². The molecule has 4 heteroatoms. The van der Waals surface area contributed by atoms with Crippen LogP contribution in [0.2, 0.25) is 0 Å². The quantitative estimate of drug-likeness (QED) is 0.776. The van der Waals surface area contributed by atoms with Crippen molar-refractivity contribution in [2.45, 2.75) is 33.1 Å². The Balaban J connectivity index is 1.71. The lowest BCUT2D eigenvalue weighted by atomic mass is 9.98. The highest BCUT2D eigenvalue weighted by Gasteiger charge is 2.28. The van der Waals surface area contributed by atoms with Gasteiger partial charge in [0.25, 0.3) is 0 Å². The number of carbonyl (C=O) groups is 1. The molecule has 2 aliphatic rings. The maximum absolute atomic E-state index is 12.4. The standard InChI is InChI=1S/C15H28N2O2/c1-13(2)3-6-16-7-9-17(10-8-16)15(18)14-4-11-19-12-5-14/h13-14H,3-12H2,1-2H3. The van der Waals surface area contributed by atoms with Crippen LogP contribution in [0.4, 0.5) is 0 Å². The Morgan fingerprint density at radius 3 is 2.37 bits per heavy atom. The van der Waals surface area contributed by atoms with Crippen molar-refractivity contribution >= 4 is 5.91 Å². The first-order valence-corrected chi connectivity index (χ1v) is 7.75. The summed E-state index contributed by atoms with van der Waals surface area (Å²) in [6.07, 6.45) is 3.08. The monoisotopic (exact) mass is 268 g/mol. The summed E-state index contributed by atoms with van der Waals surface area (Å²) in [6.45, 7) is 11.1. The predicted molar refractivity (Wildman–Crippen MR) is 76.0 cm³/mol. The van der Waals surface area contributed by atoms with Gasteiger partial charge in [-0.05, 0) is 31.7 Å². The van der Waals surface area contributed by atoms with Gasteiger partial charge in [0.1, 0.15) is 0 Å². The van der Waals surface area contributed by atoms with Crippen molar-refractivity contribution in [3.05, 3.63) is 0 Å². The van der Waals surface area contributed by atoms with E-state index < -0.39 is 0 Å². The summed E-state index contributed by atoms with van der Waals surface area (Å²) in [5.74, 6) is 1.35. The van der Waals surface area contributed by atoms with Crippen LogP contribution in [0.3, 0.4) is 0 Å². The van der Waals surface area contributed by atoms with Crippen molar-refractivity contribution < 1.29 is 9.53 Å². The van der Waals surface area contributed by atoms with Gasteiger partial charge in [-0.25, -0.2) is 0 Å². The molecule has 0 aliphatic carbocycles. The summed E-state index contributed by atoms with van der Waals surface area (Å²) >= 11 is 0. The van der Waals surface area contributed by atoms with Crippen molar-refractivity contribution in [3.63, 3.8) is 0 Å². The van der Waals surface area contributed by atoms with Gasteiger partial charge in [0.2, 0.25) is 5.91 Å². The Morgan fingerprint density at radius 2 is 1.79 bits per heavy atom. The summed E-state index contributed by atoms with van der Waals surface area (Å²) in [4.78, 5) is 16.9. The lowest BCUT2D eigenvalue weighted by Gasteiger charge is -2.37. The average Bonchev–Trinajstić information content (AvgIpc) is 2.46. The zero-order valence-electron chi connectivity index (χ0n) is 12.4. The minimum atomic E-state index is 0.218. The highest BCUT2D eigenvalue weighted by Crippen LogP contribution is 2.18. The van der Waals surface area contributed by atoms with Gasteiger partial charge in [0.05, 0.1) is 0 Å². The van der Waals surface area contributed by atoms with Crippen molar-refractivity contribution in [2.75, 3.05) is 45.9 Å². The molecular formula is C15H28N2O2. The fourth-order valence-electron chi connectivity index (χ4n) is 2.84. The van der Waals surface area contributed by atoms with Crippen LogP contribution in [0.1, 0.15) is 33.1 Å². The van der Waals surface area contributed by atoms with E-state index in [0.717, 1.165) is 58.2 Å². The molecule has 0 aromatic carbocycles. The van der Waals surface area contributed by atoms with Gasteiger partial charge in [0, 0.05) is 45.3 Å². The number of amides is 1. The van der Waals surface area contributed by atoms with Crippen molar-refractivity contribution in [1.82, 2.24) is 9.80 Å². The molecule has 0 spiro atoms. The van der Waals surface area contributed by atoms with Crippen molar-refractivity contribution in [2.24, 2.45) is 11.8 Å². The summed E-state index contributed by atoms with van der Waals surface area (Å²) in [7, 11) is 0. The third-order valence-electron chi connectivity index (χ3n) is 4.28. The van der Waals surface area contributed by atoms with Gasteiger partial charge in [0.15, 0.2) is 0 Å². The third kappa shape index (κ3) is 4.46. The summed E-state index contributed by atoms with van der Waals surface area (Å²) < 4.78 is 5.33.